The number of fused-ring (bicyclic) bond motifs is 1. The Morgan fingerprint density at radius 2 is 1.92 bits per heavy atom. The average molecular weight is 342 g/mol. The quantitative estimate of drug-likeness (QED) is 0.566. The molecule has 26 heavy (non-hydrogen) atoms. The van der Waals surface area contributed by atoms with Crippen LogP contribution >= 0.6 is 0 Å². The maximum atomic E-state index is 12.4. The maximum absolute atomic E-state index is 12.4. The second-order valence-corrected chi connectivity index (χ2v) is 5.79. The van der Waals surface area contributed by atoms with Crippen molar-refractivity contribution >= 4 is 5.78 Å². The number of rotatable bonds is 4. The fraction of sp³-hybridized carbons (Fsp3) is 0.105. The molecule has 0 aliphatic rings. The van der Waals surface area contributed by atoms with Crippen LogP contribution in [0.3, 0.4) is 0 Å². The Bertz CT molecular complexity index is 1150. The van der Waals surface area contributed by atoms with Crippen molar-refractivity contribution in [2.24, 2.45) is 0 Å². The molecule has 0 aliphatic heterocycles. The molecule has 3 heterocycles. The van der Waals surface area contributed by atoms with E-state index in [0.717, 1.165) is 12.0 Å². The summed E-state index contributed by atoms with van der Waals surface area (Å²) in [5.41, 5.74) is 2.74. The summed E-state index contributed by atoms with van der Waals surface area (Å²) in [7, 11) is 0. The van der Waals surface area contributed by atoms with Gasteiger partial charge in [-0.25, -0.2) is 15.0 Å². The van der Waals surface area contributed by atoms with Gasteiger partial charge in [0.2, 0.25) is 5.78 Å². The standard InChI is InChI=1S/C19H14N6O/c20-12-15-3-1-14(2-4-15)6-8-24-9-10-25-18(26)11-17(23-19(24)25)16-5-7-21-13-22-16/h1-5,7,9-11,13H,6,8H2. The third-order valence-electron chi connectivity index (χ3n) is 4.15. The van der Waals surface area contributed by atoms with E-state index in [9.17, 15) is 4.79 Å². The molecule has 126 valence electrons. The van der Waals surface area contributed by atoms with E-state index >= 15 is 0 Å². The third-order valence-corrected chi connectivity index (χ3v) is 4.15. The minimum absolute atomic E-state index is 0.152. The van der Waals surface area contributed by atoms with Gasteiger partial charge in [0.25, 0.3) is 5.56 Å². The molecule has 3 aromatic heterocycles. The Balaban J connectivity index is 1.66. The van der Waals surface area contributed by atoms with Gasteiger partial charge in [-0.15, -0.1) is 0 Å². The number of hydrogen-bond donors (Lipinski definition) is 0. The summed E-state index contributed by atoms with van der Waals surface area (Å²) in [6.45, 7) is 0.669. The average Bonchev–Trinajstić information content (AvgIpc) is 3.11. The van der Waals surface area contributed by atoms with Gasteiger partial charge >= 0.3 is 0 Å². The summed E-state index contributed by atoms with van der Waals surface area (Å²) in [4.78, 5) is 25.0. The molecule has 0 N–H and O–H groups in total. The van der Waals surface area contributed by atoms with Crippen molar-refractivity contribution in [1.82, 2.24) is 23.9 Å². The molecule has 7 nitrogen and oxygen atoms in total. The van der Waals surface area contributed by atoms with Crippen molar-refractivity contribution in [1.29, 1.82) is 5.26 Å². The summed E-state index contributed by atoms with van der Waals surface area (Å²) in [5, 5.41) is 8.87. The molecular formula is C19H14N6O. The molecule has 0 bridgehead atoms. The second-order valence-electron chi connectivity index (χ2n) is 5.79. The molecule has 4 rings (SSSR count). The zero-order valence-corrected chi connectivity index (χ0v) is 13.8. The van der Waals surface area contributed by atoms with Crippen LogP contribution in [-0.4, -0.2) is 23.9 Å². The van der Waals surface area contributed by atoms with Crippen LogP contribution in [0, 0.1) is 11.3 Å². The lowest BCUT2D eigenvalue weighted by atomic mass is 10.1. The van der Waals surface area contributed by atoms with Gasteiger partial charge in [-0.1, -0.05) is 12.1 Å². The SMILES string of the molecule is N#Cc1ccc(CCn2ccn3c(=O)cc(-c4ccncn4)nc23)cc1. The van der Waals surface area contributed by atoms with Crippen LogP contribution in [0.5, 0.6) is 0 Å². The zero-order valence-electron chi connectivity index (χ0n) is 13.8. The van der Waals surface area contributed by atoms with Crippen LogP contribution in [0.15, 0.2) is 66.1 Å². The smallest absolute Gasteiger partial charge is 0.259 e. The molecular weight excluding hydrogens is 328 g/mol. The van der Waals surface area contributed by atoms with Crippen LogP contribution in [0.2, 0.25) is 0 Å². The number of nitriles is 1. The lowest BCUT2D eigenvalue weighted by Crippen LogP contribution is -2.14. The number of imidazole rings is 1. The molecule has 0 spiro atoms. The molecule has 0 saturated carbocycles. The topological polar surface area (TPSA) is 88.9 Å². The van der Waals surface area contributed by atoms with Crippen LogP contribution in [-0.2, 0) is 13.0 Å². The first-order valence-corrected chi connectivity index (χ1v) is 8.08. The number of hydrogen-bond acceptors (Lipinski definition) is 5. The monoisotopic (exact) mass is 342 g/mol. The fourth-order valence-electron chi connectivity index (χ4n) is 2.78. The van der Waals surface area contributed by atoms with Crippen molar-refractivity contribution in [2.75, 3.05) is 0 Å². The van der Waals surface area contributed by atoms with E-state index in [1.807, 2.05) is 22.9 Å². The van der Waals surface area contributed by atoms with Crippen molar-refractivity contribution in [2.45, 2.75) is 13.0 Å². The molecule has 1 aromatic carbocycles. The van der Waals surface area contributed by atoms with E-state index in [1.165, 1.54) is 16.8 Å². The Morgan fingerprint density at radius 3 is 2.65 bits per heavy atom. The van der Waals surface area contributed by atoms with E-state index in [-0.39, 0.29) is 5.56 Å². The van der Waals surface area contributed by atoms with E-state index in [0.29, 0.717) is 29.3 Å². The maximum Gasteiger partial charge on any atom is 0.259 e. The van der Waals surface area contributed by atoms with Gasteiger partial charge in [0.15, 0.2) is 0 Å². The first-order chi connectivity index (χ1) is 12.7. The first-order valence-electron chi connectivity index (χ1n) is 8.08. The largest absolute Gasteiger partial charge is 0.316 e. The molecule has 0 saturated heterocycles. The molecule has 0 unspecified atom stereocenters. The normalized spacial score (nSPS) is 10.7. The van der Waals surface area contributed by atoms with Crippen molar-refractivity contribution in [3.05, 3.63) is 82.8 Å². The van der Waals surface area contributed by atoms with Crippen LogP contribution in [0.4, 0.5) is 0 Å². The highest BCUT2D eigenvalue weighted by molar-refractivity contribution is 5.55. The lowest BCUT2D eigenvalue weighted by Gasteiger charge is -2.06. The number of benzene rings is 1. The summed E-state index contributed by atoms with van der Waals surface area (Å²) >= 11 is 0. The van der Waals surface area contributed by atoms with Gasteiger partial charge in [-0.3, -0.25) is 9.20 Å². The Labute approximate surface area is 148 Å². The molecule has 0 radical (unpaired) electrons. The Hall–Kier alpha value is -3.79. The number of nitrogens with zero attached hydrogens (tertiary/aromatic N) is 6. The molecule has 0 fully saturated rings. The van der Waals surface area contributed by atoms with E-state index in [2.05, 4.69) is 21.0 Å². The summed E-state index contributed by atoms with van der Waals surface area (Å²) in [6.07, 6.45) is 7.38. The van der Waals surface area contributed by atoms with E-state index in [1.54, 1.807) is 30.6 Å². The molecule has 4 aromatic rings. The first kappa shape index (κ1) is 15.7. The highest BCUT2D eigenvalue weighted by Crippen LogP contribution is 2.13. The minimum Gasteiger partial charge on any atom is -0.316 e. The second kappa shape index (κ2) is 6.61. The summed E-state index contributed by atoms with van der Waals surface area (Å²) < 4.78 is 3.45. The predicted molar refractivity (Wildman–Crippen MR) is 95.3 cm³/mol. The predicted octanol–water partition coefficient (Wildman–Crippen LogP) is 2.07. The van der Waals surface area contributed by atoms with Crippen molar-refractivity contribution < 1.29 is 0 Å². The van der Waals surface area contributed by atoms with E-state index < -0.39 is 0 Å². The lowest BCUT2D eigenvalue weighted by molar-refractivity contribution is 0.709. The van der Waals surface area contributed by atoms with Crippen LogP contribution in [0.25, 0.3) is 17.2 Å². The zero-order chi connectivity index (χ0) is 17.9. The molecule has 0 aliphatic carbocycles. The van der Waals surface area contributed by atoms with Gasteiger partial charge in [0, 0.05) is 31.2 Å². The van der Waals surface area contributed by atoms with Gasteiger partial charge in [-0.05, 0) is 30.2 Å². The molecule has 7 heteroatoms. The summed E-state index contributed by atoms with van der Waals surface area (Å²) in [5.74, 6) is 0.569. The van der Waals surface area contributed by atoms with Crippen LogP contribution < -0.4 is 5.56 Å². The Kier molecular flexibility index (Phi) is 4.00. The summed E-state index contributed by atoms with van der Waals surface area (Å²) in [6, 6.07) is 12.8. The van der Waals surface area contributed by atoms with Crippen molar-refractivity contribution in [3.8, 4) is 17.5 Å². The van der Waals surface area contributed by atoms with Crippen molar-refractivity contribution in [3.63, 3.8) is 0 Å². The highest BCUT2D eigenvalue weighted by atomic mass is 16.1. The van der Waals surface area contributed by atoms with E-state index in [4.69, 9.17) is 5.26 Å². The molecule has 0 amide bonds. The highest BCUT2D eigenvalue weighted by Gasteiger charge is 2.09. The van der Waals surface area contributed by atoms with Gasteiger partial charge in [-0.2, -0.15) is 5.26 Å². The van der Waals surface area contributed by atoms with Gasteiger partial charge < -0.3 is 4.57 Å². The van der Waals surface area contributed by atoms with Gasteiger partial charge in [0.1, 0.15) is 6.33 Å². The van der Waals surface area contributed by atoms with Crippen LogP contribution in [0.1, 0.15) is 11.1 Å². The Morgan fingerprint density at radius 1 is 1.08 bits per heavy atom. The third kappa shape index (κ3) is 2.96. The fourth-order valence-corrected chi connectivity index (χ4v) is 2.78. The van der Waals surface area contributed by atoms with Gasteiger partial charge in [0.05, 0.1) is 23.0 Å². The minimum atomic E-state index is -0.152. The number of aromatic nitrogens is 5. The number of aryl methyl sites for hydroxylation is 2. The molecule has 0 atom stereocenters.